The van der Waals surface area contributed by atoms with Crippen molar-refractivity contribution in [2.45, 2.75) is 39.3 Å². The highest BCUT2D eigenvalue weighted by atomic mass is 19.1. The Balaban J connectivity index is 2.22. The molecule has 0 aliphatic rings. The molecular weight excluding hydrogens is 253 g/mol. The number of nitrogens with zero attached hydrogens (tertiary/aromatic N) is 2. The van der Waals surface area contributed by atoms with E-state index in [9.17, 15) is 4.39 Å². The minimum Gasteiger partial charge on any atom is -0.313 e. The summed E-state index contributed by atoms with van der Waals surface area (Å²) < 4.78 is 13.2. The molecule has 20 heavy (non-hydrogen) atoms. The van der Waals surface area contributed by atoms with Gasteiger partial charge in [-0.25, -0.2) is 4.39 Å². The third-order valence-electron chi connectivity index (χ3n) is 3.41. The maximum absolute atomic E-state index is 13.2. The van der Waals surface area contributed by atoms with Gasteiger partial charge in [0.25, 0.3) is 0 Å². The Kier molecular flexibility index (Phi) is 7.21. The quantitative estimate of drug-likeness (QED) is 0.743. The first-order valence-corrected chi connectivity index (χ1v) is 7.13. The Morgan fingerprint density at radius 3 is 2.70 bits per heavy atom. The van der Waals surface area contributed by atoms with E-state index in [1.807, 2.05) is 6.07 Å². The van der Waals surface area contributed by atoms with Crippen LogP contribution < -0.4 is 5.32 Å². The zero-order valence-electron chi connectivity index (χ0n) is 12.6. The van der Waals surface area contributed by atoms with Crippen molar-refractivity contribution in [2.24, 2.45) is 0 Å². The van der Waals surface area contributed by atoms with E-state index >= 15 is 0 Å². The highest BCUT2D eigenvalue weighted by Crippen LogP contribution is 2.08. The number of unbranched alkanes of at least 4 members (excludes halogenated alkanes) is 1. The molecule has 0 amide bonds. The predicted molar refractivity (Wildman–Crippen MR) is 79.8 cm³/mol. The molecule has 0 spiro atoms. The van der Waals surface area contributed by atoms with Crippen molar-refractivity contribution in [1.29, 1.82) is 5.26 Å². The van der Waals surface area contributed by atoms with Gasteiger partial charge in [0.15, 0.2) is 0 Å². The van der Waals surface area contributed by atoms with Crippen LogP contribution in [0.5, 0.6) is 0 Å². The van der Waals surface area contributed by atoms with Crippen molar-refractivity contribution in [2.75, 3.05) is 20.1 Å². The fourth-order valence-electron chi connectivity index (χ4n) is 1.92. The lowest BCUT2D eigenvalue weighted by Crippen LogP contribution is -2.27. The summed E-state index contributed by atoms with van der Waals surface area (Å²) in [5.41, 5.74) is 1.20. The molecule has 110 valence electrons. The fourth-order valence-corrected chi connectivity index (χ4v) is 1.92. The molecule has 0 atom stereocenters. The first kappa shape index (κ1) is 16.6. The third-order valence-corrected chi connectivity index (χ3v) is 3.41. The Morgan fingerprint density at radius 2 is 2.05 bits per heavy atom. The molecule has 1 rings (SSSR count). The van der Waals surface area contributed by atoms with Crippen molar-refractivity contribution < 1.29 is 4.39 Å². The van der Waals surface area contributed by atoms with Gasteiger partial charge in [-0.1, -0.05) is 0 Å². The molecule has 0 saturated carbocycles. The van der Waals surface area contributed by atoms with Crippen LogP contribution in [0.1, 0.15) is 37.8 Å². The van der Waals surface area contributed by atoms with Gasteiger partial charge in [-0.2, -0.15) is 5.26 Å². The van der Waals surface area contributed by atoms with Gasteiger partial charge in [0.2, 0.25) is 0 Å². The van der Waals surface area contributed by atoms with Crippen LogP contribution in [0.25, 0.3) is 0 Å². The van der Waals surface area contributed by atoms with Gasteiger partial charge in [-0.3, -0.25) is 0 Å². The summed E-state index contributed by atoms with van der Waals surface area (Å²) >= 11 is 0. The summed E-state index contributed by atoms with van der Waals surface area (Å²) in [6.45, 7) is 6.98. The summed E-state index contributed by atoms with van der Waals surface area (Å²) in [5, 5.41) is 12.1. The zero-order valence-corrected chi connectivity index (χ0v) is 12.6. The lowest BCUT2D eigenvalue weighted by atomic mass is 10.1. The van der Waals surface area contributed by atoms with E-state index in [0.717, 1.165) is 31.5 Å². The maximum Gasteiger partial charge on any atom is 0.124 e. The van der Waals surface area contributed by atoms with E-state index in [2.05, 4.69) is 31.1 Å². The molecule has 0 radical (unpaired) electrons. The van der Waals surface area contributed by atoms with Gasteiger partial charge >= 0.3 is 0 Å². The van der Waals surface area contributed by atoms with Gasteiger partial charge in [0.05, 0.1) is 11.6 Å². The standard InChI is InChI=1S/C16H24FN3/c1-13(2)20(3)7-5-4-6-19-12-15-8-14(11-18)9-16(17)10-15/h8-10,13,19H,4-7,12H2,1-3H3. The smallest absolute Gasteiger partial charge is 0.124 e. The Labute approximate surface area is 121 Å². The molecule has 0 unspecified atom stereocenters. The van der Waals surface area contributed by atoms with Gasteiger partial charge < -0.3 is 10.2 Å². The Hall–Kier alpha value is -1.44. The topological polar surface area (TPSA) is 39.1 Å². The third kappa shape index (κ3) is 6.14. The molecule has 0 bridgehead atoms. The van der Waals surface area contributed by atoms with Crippen LogP contribution in [-0.2, 0) is 6.54 Å². The number of benzene rings is 1. The van der Waals surface area contributed by atoms with Crippen LogP contribution in [0.2, 0.25) is 0 Å². The second-order valence-corrected chi connectivity index (χ2v) is 5.42. The average Bonchev–Trinajstić information content (AvgIpc) is 2.41. The fraction of sp³-hybridized carbons (Fsp3) is 0.562. The molecule has 0 heterocycles. The van der Waals surface area contributed by atoms with Gasteiger partial charge in [-0.05, 0) is 70.6 Å². The second-order valence-electron chi connectivity index (χ2n) is 5.42. The highest BCUT2D eigenvalue weighted by molar-refractivity contribution is 5.33. The van der Waals surface area contributed by atoms with Crippen LogP contribution in [0, 0.1) is 17.1 Å². The normalized spacial score (nSPS) is 11.1. The van der Waals surface area contributed by atoms with E-state index in [1.54, 1.807) is 6.07 Å². The van der Waals surface area contributed by atoms with Crippen molar-refractivity contribution in [3.8, 4) is 6.07 Å². The highest BCUT2D eigenvalue weighted by Gasteiger charge is 2.02. The molecule has 1 N–H and O–H groups in total. The van der Waals surface area contributed by atoms with Crippen molar-refractivity contribution in [3.05, 3.63) is 35.1 Å². The molecule has 4 heteroatoms. The zero-order chi connectivity index (χ0) is 15.0. The summed E-state index contributed by atoms with van der Waals surface area (Å²) in [4.78, 5) is 2.33. The SMILES string of the molecule is CC(C)N(C)CCCCNCc1cc(F)cc(C#N)c1. The summed E-state index contributed by atoms with van der Waals surface area (Å²) in [7, 11) is 2.13. The number of nitrogens with one attached hydrogen (secondary N) is 1. The largest absolute Gasteiger partial charge is 0.313 e. The van der Waals surface area contributed by atoms with Crippen molar-refractivity contribution >= 4 is 0 Å². The predicted octanol–water partition coefficient (Wildman–Crippen LogP) is 2.91. The first-order chi connectivity index (χ1) is 9.52. The number of hydrogen-bond donors (Lipinski definition) is 1. The van der Waals surface area contributed by atoms with E-state index < -0.39 is 0 Å². The first-order valence-electron chi connectivity index (χ1n) is 7.13. The van der Waals surface area contributed by atoms with Gasteiger partial charge in [0.1, 0.15) is 5.82 Å². The summed E-state index contributed by atoms with van der Waals surface area (Å²) in [6, 6.07) is 7.00. The minimum atomic E-state index is -0.348. The second kappa shape index (κ2) is 8.68. The van der Waals surface area contributed by atoms with E-state index in [4.69, 9.17) is 5.26 Å². The Bertz CT molecular complexity index is 452. The number of rotatable bonds is 8. The monoisotopic (exact) mass is 277 g/mol. The maximum atomic E-state index is 13.2. The van der Waals surface area contributed by atoms with E-state index in [-0.39, 0.29) is 5.82 Å². The molecule has 0 aliphatic carbocycles. The van der Waals surface area contributed by atoms with E-state index in [1.165, 1.54) is 12.1 Å². The minimum absolute atomic E-state index is 0.348. The molecule has 1 aromatic rings. The van der Waals surface area contributed by atoms with Crippen molar-refractivity contribution in [3.63, 3.8) is 0 Å². The van der Waals surface area contributed by atoms with Crippen LogP contribution >= 0.6 is 0 Å². The van der Waals surface area contributed by atoms with Gasteiger partial charge in [-0.15, -0.1) is 0 Å². The van der Waals surface area contributed by atoms with Crippen LogP contribution in [0.15, 0.2) is 18.2 Å². The number of hydrogen-bond acceptors (Lipinski definition) is 3. The van der Waals surface area contributed by atoms with Gasteiger partial charge in [0, 0.05) is 12.6 Å². The van der Waals surface area contributed by atoms with E-state index in [0.29, 0.717) is 18.2 Å². The number of nitriles is 1. The van der Waals surface area contributed by atoms with Crippen LogP contribution in [0.3, 0.4) is 0 Å². The lowest BCUT2D eigenvalue weighted by Gasteiger charge is -2.20. The summed E-state index contributed by atoms with van der Waals surface area (Å²) in [6.07, 6.45) is 2.24. The molecular formula is C16H24FN3. The molecule has 1 aromatic carbocycles. The summed E-state index contributed by atoms with van der Waals surface area (Å²) in [5.74, 6) is -0.348. The molecule has 0 aliphatic heterocycles. The molecule has 3 nitrogen and oxygen atoms in total. The Morgan fingerprint density at radius 1 is 1.30 bits per heavy atom. The lowest BCUT2D eigenvalue weighted by molar-refractivity contribution is 0.268. The average molecular weight is 277 g/mol. The molecule has 0 aromatic heterocycles. The van der Waals surface area contributed by atoms with Crippen LogP contribution in [0.4, 0.5) is 4.39 Å². The molecule has 0 saturated heterocycles. The number of halogens is 1. The molecule has 0 fully saturated rings. The van der Waals surface area contributed by atoms with Crippen LogP contribution in [-0.4, -0.2) is 31.1 Å². The van der Waals surface area contributed by atoms with Crippen molar-refractivity contribution in [1.82, 2.24) is 10.2 Å².